The van der Waals surface area contributed by atoms with Crippen molar-refractivity contribution in [2.75, 3.05) is 23.9 Å². The lowest BCUT2D eigenvalue weighted by Crippen LogP contribution is -2.37. The van der Waals surface area contributed by atoms with Gasteiger partial charge in [-0.25, -0.2) is 0 Å². The van der Waals surface area contributed by atoms with Crippen LogP contribution in [0.15, 0.2) is 42.5 Å². The van der Waals surface area contributed by atoms with E-state index in [2.05, 4.69) is 5.32 Å². The van der Waals surface area contributed by atoms with Gasteiger partial charge in [0.25, 0.3) is 0 Å². The number of para-hydroxylation sites is 2. The van der Waals surface area contributed by atoms with E-state index in [1.807, 2.05) is 38.1 Å². The number of hydrogen-bond donors (Lipinski definition) is 1. The maximum Gasteiger partial charge on any atom is 0.244 e. The fourth-order valence-electron chi connectivity index (χ4n) is 2.51. The number of carbonyl (C=O) groups excluding carboxylic acids is 2. The number of aryl methyl sites for hydroxylation is 2. The highest BCUT2D eigenvalue weighted by Crippen LogP contribution is 2.27. The molecule has 0 atom stereocenters. The number of benzene rings is 2. The van der Waals surface area contributed by atoms with Crippen molar-refractivity contribution in [3.63, 3.8) is 0 Å². The highest BCUT2D eigenvalue weighted by molar-refractivity contribution is 6.02. The van der Waals surface area contributed by atoms with Crippen LogP contribution in [0.5, 0.6) is 5.75 Å². The number of anilines is 2. The number of carbonyl (C=O) groups is 2. The summed E-state index contributed by atoms with van der Waals surface area (Å²) >= 11 is 0. The molecule has 0 bridgehead atoms. The van der Waals surface area contributed by atoms with Gasteiger partial charge < -0.3 is 10.1 Å². The number of amides is 2. The zero-order valence-corrected chi connectivity index (χ0v) is 14.4. The van der Waals surface area contributed by atoms with E-state index in [1.54, 1.807) is 18.2 Å². The average Bonchev–Trinajstić information content (AvgIpc) is 2.55. The molecule has 0 saturated heterocycles. The van der Waals surface area contributed by atoms with E-state index < -0.39 is 0 Å². The molecule has 0 aliphatic carbocycles. The molecular weight excluding hydrogens is 304 g/mol. The monoisotopic (exact) mass is 326 g/mol. The molecule has 2 rings (SSSR count). The molecule has 0 heterocycles. The van der Waals surface area contributed by atoms with Gasteiger partial charge >= 0.3 is 0 Å². The van der Waals surface area contributed by atoms with Crippen molar-refractivity contribution in [3.05, 3.63) is 53.6 Å². The SMILES string of the molecule is COc1ccccc1N(CC(=O)Nc1ccc(C)cc1C)C(C)=O. The third-order valence-corrected chi connectivity index (χ3v) is 3.71. The van der Waals surface area contributed by atoms with E-state index in [9.17, 15) is 9.59 Å². The molecule has 2 aromatic rings. The van der Waals surface area contributed by atoms with Crippen LogP contribution in [0, 0.1) is 13.8 Å². The van der Waals surface area contributed by atoms with Gasteiger partial charge in [-0.1, -0.05) is 29.8 Å². The summed E-state index contributed by atoms with van der Waals surface area (Å²) in [6.07, 6.45) is 0. The number of nitrogens with one attached hydrogen (secondary N) is 1. The predicted molar refractivity (Wildman–Crippen MR) is 95.6 cm³/mol. The van der Waals surface area contributed by atoms with Gasteiger partial charge in [-0.05, 0) is 37.6 Å². The molecular formula is C19H22N2O3. The number of hydrogen-bond acceptors (Lipinski definition) is 3. The van der Waals surface area contributed by atoms with Gasteiger partial charge in [0.15, 0.2) is 0 Å². The molecule has 0 aromatic heterocycles. The minimum absolute atomic E-state index is 0.0803. The van der Waals surface area contributed by atoms with Gasteiger partial charge in [0.05, 0.1) is 12.8 Å². The molecule has 24 heavy (non-hydrogen) atoms. The van der Waals surface area contributed by atoms with Crippen LogP contribution >= 0.6 is 0 Å². The normalized spacial score (nSPS) is 10.2. The van der Waals surface area contributed by atoms with Crippen LogP contribution < -0.4 is 15.0 Å². The molecule has 0 fully saturated rings. The van der Waals surface area contributed by atoms with Gasteiger partial charge in [0, 0.05) is 12.6 Å². The summed E-state index contributed by atoms with van der Waals surface area (Å²) in [5.74, 6) is 0.0605. The van der Waals surface area contributed by atoms with Crippen molar-refractivity contribution in [1.29, 1.82) is 0 Å². The second kappa shape index (κ2) is 7.64. The summed E-state index contributed by atoms with van der Waals surface area (Å²) in [4.78, 5) is 25.8. The first-order chi connectivity index (χ1) is 11.4. The minimum atomic E-state index is -0.261. The first-order valence-corrected chi connectivity index (χ1v) is 7.70. The summed E-state index contributed by atoms with van der Waals surface area (Å²) in [6, 6.07) is 12.9. The Morgan fingerprint density at radius 3 is 2.46 bits per heavy atom. The molecule has 0 saturated carbocycles. The molecule has 0 aliphatic rings. The Balaban J connectivity index is 2.18. The second-order valence-corrected chi connectivity index (χ2v) is 5.64. The highest BCUT2D eigenvalue weighted by atomic mass is 16.5. The molecule has 0 radical (unpaired) electrons. The molecule has 2 amide bonds. The summed E-state index contributed by atoms with van der Waals surface area (Å²) in [5.41, 5.74) is 3.43. The zero-order chi connectivity index (χ0) is 17.7. The van der Waals surface area contributed by atoms with Crippen LogP contribution in [0.25, 0.3) is 0 Å². The van der Waals surface area contributed by atoms with Crippen molar-refractivity contribution in [3.8, 4) is 5.75 Å². The second-order valence-electron chi connectivity index (χ2n) is 5.64. The number of rotatable bonds is 5. The van der Waals surface area contributed by atoms with E-state index in [-0.39, 0.29) is 18.4 Å². The van der Waals surface area contributed by atoms with Crippen LogP contribution in [0.3, 0.4) is 0 Å². The summed E-state index contributed by atoms with van der Waals surface area (Å²) in [6.45, 7) is 5.28. The fourth-order valence-corrected chi connectivity index (χ4v) is 2.51. The van der Waals surface area contributed by atoms with Crippen molar-refractivity contribution in [2.24, 2.45) is 0 Å². The highest BCUT2D eigenvalue weighted by Gasteiger charge is 2.19. The lowest BCUT2D eigenvalue weighted by atomic mass is 10.1. The molecule has 2 aromatic carbocycles. The lowest BCUT2D eigenvalue weighted by Gasteiger charge is -2.23. The summed E-state index contributed by atoms with van der Waals surface area (Å²) < 4.78 is 5.28. The Morgan fingerprint density at radius 1 is 1.12 bits per heavy atom. The Labute approximate surface area is 142 Å². The Hall–Kier alpha value is -2.82. The maximum atomic E-state index is 12.4. The third-order valence-electron chi connectivity index (χ3n) is 3.71. The van der Waals surface area contributed by atoms with E-state index in [4.69, 9.17) is 4.74 Å². The molecule has 0 unspecified atom stereocenters. The number of ether oxygens (including phenoxy) is 1. The first kappa shape index (κ1) is 17.5. The van der Waals surface area contributed by atoms with E-state index in [0.717, 1.165) is 16.8 Å². The maximum absolute atomic E-state index is 12.4. The number of nitrogens with zero attached hydrogens (tertiary/aromatic N) is 1. The van der Waals surface area contributed by atoms with E-state index in [0.29, 0.717) is 11.4 Å². The topological polar surface area (TPSA) is 58.6 Å². The Bertz CT molecular complexity index is 756. The van der Waals surface area contributed by atoms with Crippen LogP contribution in [0.1, 0.15) is 18.1 Å². The van der Waals surface area contributed by atoms with Crippen LogP contribution in [0.2, 0.25) is 0 Å². The van der Waals surface area contributed by atoms with Crippen LogP contribution in [-0.4, -0.2) is 25.5 Å². The molecule has 5 nitrogen and oxygen atoms in total. The quantitative estimate of drug-likeness (QED) is 0.917. The standard InChI is InChI=1S/C19H22N2O3/c1-13-9-10-16(14(2)11-13)20-19(23)12-21(15(3)22)17-7-5-6-8-18(17)24-4/h5-11H,12H2,1-4H3,(H,20,23). The van der Waals surface area contributed by atoms with Crippen LogP contribution in [-0.2, 0) is 9.59 Å². The van der Waals surface area contributed by atoms with Gasteiger partial charge in [0.2, 0.25) is 11.8 Å². The third kappa shape index (κ3) is 4.13. The van der Waals surface area contributed by atoms with E-state index in [1.165, 1.54) is 18.9 Å². The Morgan fingerprint density at radius 2 is 1.83 bits per heavy atom. The molecule has 5 heteroatoms. The zero-order valence-electron chi connectivity index (χ0n) is 14.4. The molecule has 126 valence electrons. The van der Waals surface area contributed by atoms with Crippen molar-refractivity contribution >= 4 is 23.2 Å². The summed E-state index contributed by atoms with van der Waals surface area (Å²) in [5, 5.41) is 2.86. The van der Waals surface area contributed by atoms with Gasteiger partial charge in [-0.2, -0.15) is 0 Å². The lowest BCUT2D eigenvalue weighted by molar-refractivity contribution is -0.120. The largest absolute Gasteiger partial charge is 0.495 e. The van der Waals surface area contributed by atoms with Crippen molar-refractivity contribution in [2.45, 2.75) is 20.8 Å². The van der Waals surface area contributed by atoms with Gasteiger partial charge in [-0.3, -0.25) is 14.5 Å². The first-order valence-electron chi connectivity index (χ1n) is 7.70. The van der Waals surface area contributed by atoms with Gasteiger partial charge in [-0.15, -0.1) is 0 Å². The Kier molecular flexibility index (Phi) is 5.58. The van der Waals surface area contributed by atoms with E-state index >= 15 is 0 Å². The van der Waals surface area contributed by atoms with Crippen molar-refractivity contribution in [1.82, 2.24) is 0 Å². The number of methoxy groups -OCH3 is 1. The molecule has 0 aliphatic heterocycles. The van der Waals surface area contributed by atoms with Gasteiger partial charge in [0.1, 0.15) is 12.3 Å². The van der Waals surface area contributed by atoms with Crippen molar-refractivity contribution < 1.29 is 14.3 Å². The fraction of sp³-hybridized carbons (Fsp3) is 0.263. The van der Waals surface area contributed by atoms with Crippen LogP contribution in [0.4, 0.5) is 11.4 Å². The molecule has 0 spiro atoms. The minimum Gasteiger partial charge on any atom is -0.495 e. The smallest absolute Gasteiger partial charge is 0.244 e. The predicted octanol–water partition coefficient (Wildman–Crippen LogP) is 3.30. The molecule has 1 N–H and O–H groups in total. The average molecular weight is 326 g/mol. The summed E-state index contributed by atoms with van der Waals surface area (Å²) in [7, 11) is 1.53.